The van der Waals surface area contributed by atoms with Crippen molar-refractivity contribution in [3.8, 4) is 11.6 Å². The second-order valence-corrected chi connectivity index (χ2v) is 9.15. The molecule has 0 bridgehead atoms. The average molecular weight is 489 g/mol. The molecule has 0 saturated carbocycles. The molecule has 0 aliphatic carbocycles. The fraction of sp³-hybridized carbons (Fsp3) is 0.269. The number of aromatic nitrogens is 4. The van der Waals surface area contributed by atoms with Crippen LogP contribution in [0.25, 0.3) is 11.2 Å². The molecular formula is C26H28N6O4. The van der Waals surface area contributed by atoms with Crippen LogP contribution in [0.3, 0.4) is 0 Å². The lowest BCUT2D eigenvalue weighted by Crippen LogP contribution is -2.25. The Bertz CT molecular complexity index is 1360. The van der Waals surface area contributed by atoms with Gasteiger partial charge in [0, 0.05) is 7.05 Å². The van der Waals surface area contributed by atoms with Crippen LogP contribution in [0.2, 0.25) is 0 Å². The molecule has 0 aliphatic rings. The molecule has 4 rings (SSSR count). The highest BCUT2D eigenvalue weighted by Crippen LogP contribution is 2.24. The lowest BCUT2D eigenvalue weighted by atomic mass is 9.97. The third kappa shape index (κ3) is 5.96. The number of ether oxygens (including phenoxy) is 2. The van der Waals surface area contributed by atoms with Crippen molar-refractivity contribution in [2.45, 2.75) is 33.8 Å². The standard InChI is InChI=1S/C26H28N6O4/c1-26(2,3)24(34)36-19-12-10-18(11-13-19)15-35-23-21-22(32(27-4)16-28-21)30-25(31-23)29-20(33)14-17-8-6-5-7-9-17/h5-13,16,27H,14-15H2,1-4H3,(H,29,30,31,33). The molecule has 2 N–H and O–H groups in total. The minimum atomic E-state index is -0.592. The average Bonchev–Trinajstić information content (AvgIpc) is 3.26. The van der Waals surface area contributed by atoms with Crippen molar-refractivity contribution in [2.24, 2.45) is 5.41 Å². The molecule has 0 aliphatic heterocycles. The normalized spacial score (nSPS) is 11.2. The van der Waals surface area contributed by atoms with Crippen LogP contribution in [-0.4, -0.2) is 38.6 Å². The molecule has 0 spiro atoms. The van der Waals surface area contributed by atoms with Crippen LogP contribution in [0.5, 0.6) is 11.6 Å². The molecular weight excluding hydrogens is 460 g/mol. The molecule has 0 unspecified atom stereocenters. The summed E-state index contributed by atoms with van der Waals surface area (Å²) in [6.45, 7) is 5.58. The zero-order chi connectivity index (χ0) is 25.7. The van der Waals surface area contributed by atoms with Gasteiger partial charge in [-0.3, -0.25) is 14.9 Å². The van der Waals surface area contributed by atoms with Gasteiger partial charge in [-0.05, 0) is 44.0 Å². The first-order valence-electron chi connectivity index (χ1n) is 11.4. The number of imidazole rings is 1. The maximum Gasteiger partial charge on any atom is 0.316 e. The van der Waals surface area contributed by atoms with Crippen molar-refractivity contribution in [3.63, 3.8) is 0 Å². The van der Waals surface area contributed by atoms with Gasteiger partial charge in [-0.25, -0.2) is 9.66 Å². The largest absolute Gasteiger partial charge is 0.471 e. The van der Waals surface area contributed by atoms with Gasteiger partial charge in [0.2, 0.25) is 17.7 Å². The maximum absolute atomic E-state index is 12.6. The minimum absolute atomic E-state index is 0.111. The summed E-state index contributed by atoms with van der Waals surface area (Å²) in [5.41, 5.74) is 4.98. The minimum Gasteiger partial charge on any atom is -0.471 e. The van der Waals surface area contributed by atoms with Gasteiger partial charge in [0.25, 0.3) is 0 Å². The number of nitrogens with one attached hydrogen (secondary N) is 2. The molecule has 186 valence electrons. The highest BCUT2D eigenvalue weighted by molar-refractivity contribution is 5.91. The monoisotopic (exact) mass is 488 g/mol. The lowest BCUT2D eigenvalue weighted by molar-refractivity contribution is -0.143. The molecule has 36 heavy (non-hydrogen) atoms. The Hall–Kier alpha value is -4.47. The number of nitrogens with zero attached hydrogens (tertiary/aromatic N) is 4. The zero-order valence-corrected chi connectivity index (χ0v) is 20.6. The first-order chi connectivity index (χ1) is 17.2. The predicted molar refractivity (Wildman–Crippen MR) is 135 cm³/mol. The highest BCUT2D eigenvalue weighted by Gasteiger charge is 2.23. The van der Waals surface area contributed by atoms with Crippen LogP contribution in [0.15, 0.2) is 60.9 Å². The molecule has 0 saturated heterocycles. The van der Waals surface area contributed by atoms with Crippen molar-refractivity contribution in [1.29, 1.82) is 0 Å². The molecule has 10 heteroatoms. The van der Waals surface area contributed by atoms with E-state index in [0.29, 0.717) is 16.9 Å². The molecule has 2 aromatic heterocycles. The lowest BCUT2D eigenvalue weighted by Gasteiger charge is -2.16. The van der Waals surface area contributed by atoms with Gasteiger partial charge in [-0.15, -0.1) is 0 Å². The van der Waals surface area contributed by atoms with Gasteiger partial charge in [0.1, 0.15) is 18.7 Å². The second-order valence-electron chi connectivity index (χ2n) is 9.15. The van der Waals surface area contributed by atoms with Crippen LogP contribution in [0, 0.1) is 5.41 Å². The van der Waals surface area contributed by atoms with Crippen molar-refractivity contribution in [1.82, 2.24) is 19.6 Å². The molecule has 2 heterocycles. The van der Waals surface area contributed by atoms with E-state index in [9.17, 15) is 9.59 Å². The smallest absolute Gasteiger partial charge is 0.316 e. The molecule has 0 fully saturated rings. The fourth-order valence-electron chi connectivity index (χ4n) is 3.21. The van der Waals surface area contributed by atoms with E-state index < -0.39 is 5.41 Å². The number of carbonyl (C=O) groups is 2. The summed E-state index contributed by atoms with van der Waals surface area (Å²) in [7, 11) is 1.73. The van der Waals surface area contributed by atoms with E-state index in [-0.39, 0.29) is 36.7 Å². The summed E-state index contributed by atoms with van der Waals surface area (Å²) >= 11 is 0. The summed E-state index contributed by atoms with van der Waals surface area (Å²) < 4.78 is 13.0. The van der Waals surface area contributed by atoms with Gasteiger partial charge in [0.15, 0.2) is 11.2 Å². The van der Waals surface area contributed by atoms with Gasteiger partial charge < -0.3 is 14.9 Å². The molecule has 1 amide bonds. The molecule has 4 aromatic rings. The number of benzene rings is 2. The molecule has 0 radical (unpaired) electrons. The van der Waals surface area contributed by atoms with Crippen molar-refractivity contribution in [2.75, 3.05) is 17.8 Å². The highest BCUT2D eigenvalue weighted by atomic mass is 16.5. The summed E-state index contributed by atoms with van der Waals surface area (Å²) in [4.78, 5) is 37.8. The van der Waals surface area contributed by atoms with Crippen LogP contribution in [-0.2, 0) is 22.6 Å². The Kier molecular flexibility index (Phi) is 7.14. The Morgan fingerprint density at radius 2 is 1.69 bits per heavy atom. The maximum atomic E-state index is 12.6. The van der Waals surface area contributed by atoms with Crippen molar-refractivity contribution < 1.29 is 19.1 Å². The van der Waals surface area contributed by atoms with E-state index in [2.05, 4.69) is 25.7 Å². The number of rotatable bonds is 8. The fourth-order valence-corrected chi connectivity index (χ4v) is 3.21. The third-order valence-corrected chi connectivity index (χ3v) is 5.19. The first-order valence-corrected chi connectivity index (χ1v) is 11.4. The predicted octanol–water partition coefficient (Wildman–Crippen LogP) is 3.71. The molecule has 10 nitrogen and oxygen atoms in total. The number of anilines is 1. The van der Waals surface area contributed by atoms with Crippen LogP contribution < -0.4 is 20.2 Å². The number of amides is 1. The Balaban J connectivity index is 1.49. The summed E-state index contributed by atoms with van der Waals surface area (Å²) in [5, 5.41) is 2.74. The van der Waals surface area contributed by atoms with Crippen LogP contribution in [0.4, 0.5) is 5.95 Å². The van der Waals surface area contributed by atoms with E-state index >= 15 is 0 Å². The second kappa shape index (κ2) is 10.4. The number of fused-ring (bicyclic) bond motifs is 1. The quantitative estimate of drug-likeness (QED) is 0.284. The van der Waals surface area contributed by atoms with E-state index in [1.807, 2.05) is 30.3 Å². The van der Waals surface area contributed by atoms with E-state index in [1.54, 1.807) is 63.1 Å². The van der Waals surface area contributed by atoms with Crippen LogP contribution in [0.1, 0.15) is 31.9 Å². The van der Waals surface area contributed by atoms with Gasteiger partial charge in [-0.1, -0.05) is 42.5 Å². The number of hydrogen-bond acceptors (Lipinski definition) is 8. The van der Waals surface area contributed by atoms with Gasteiger partial charge in [-0.2, -0.15) is 9.97 Å². The Morgan fingerprint density at radius 1 is 0.972 bits per heavy atom. The summed E-state index contributed by atoms with van der Waals surface area (Å²) in [5.74, 6) is 0.241. The number of hydrogen-bond donors (Lipinski definition) is 2. The first kappa shape index (κ1) is 24.6. The topological polar surface area (TPSA) is 120 Å². The molecule has 0 atom stereocenters. The SMILES string of the molecule is CNn1cnc2c(OCc3ccc(OC(=O)C(C)(C)C)cc3)nc(NC(=O)Cc3ccccc3)nc21. The summed E-state index contributed by atoms with van der Waals surface area (Å²) in [6, 6.07) is 16.4. The Morgan fingerprint density at radius 3 is 2.36 bits per heavy atom. The van der Waals surface area contributed by atoms with E-state index in [4.69, 9.17) is 9.47 Å². The van der Waals surface area contributed by atoms with Gasteiger partial charge in [0.05, 0.1) is 11.8 Å². The van der Waals surface area contributed by atoms with Crippen LogP contribution >= 0.6 is 0 Å². The van der Waals surface area contributed by atoms with E-state index in [0.717, 1.165) is 11.1 Å². The number of carbonyl (C=O) groups excluding carboxylic acids is 2. The van der Waals surface area contributed by atoms with Crippen molar-refractivity contribution in [3.05, 3.63) is 72.1 Å². The van der Waals surface area contributed by atoms with E-state index in [1.165, 1.54) is 0 Å². The number of esters is 1. The zero-order valence-electron chi connectivity index (χ0n) is 20.6. The molecule has 2 aromatic carbocycles. The Labute approximate surface area is 208 Å². The van der Waals surface area contributed by atoms with Crippen molar-refractivity contribution >= 4 is 29.0 Å². The van der Waals surface area contributed by atoms with Gasteiger partial charge >= 0.3 is 5.97 Å². The summed E-state index contributed by atoms with van der Waals surface area (Å²) in [6.07, 6.45) is 1.75. The third-order valence-electron chi connectivity index (χ3n) is 5.19.